The van der Waals surface area contributed by atoms with Crippen LogP contribution in [0.4, 0.5) is 11.4 Å². The van der Waals surface area contributed by atoms with Gasteiger partial charge in [-0.1, -0.05) is 123 Å². The lowest BCUT2D eigenvalue weighted by Crippen LogP contribution is -2.25. The zero-order chi connectivity index (χ0) is 28.2. The van der Waals surface area contributed by atoms with E-state index in [4.69, 9.17) is 0 Å². The van der Waals surface area contributed by atoms with E-state index in [1.807, 2.05) is 0 Å². The summed E-state index contributed by atoms with van der Waals surface area (Å²) in [6, 6.07) is 50.0. The first kappa shape index (κ1) is 23.8. The maximum atomic E-state index is 2.42. The number of anilines is 2. The third-order valence-electron chi connectivity index (χ3n) is 10.3. The Kier molecular flexibility index (Phi) is 4.59. The van der Waals surface area contributed by atoms with Crippen LogP contribution in [0.25, 0.3) is 33.4 Å². The Morgan fingerprint density at radius 1 is 0.381 bits per heavy atom. The minimum absolute atomic E-state index is 0.0186. The van der Waals surface area contributed by atoms with Crippen LogP contribution in [0.2, 0.25) is 0 Å². The molecule has 0 amide bonds. The van der Waals surface area contributed by atoms with Crippen LogP contribution in [0.15, 0.2) is 133 Å². The van der Waals surface area contributed by atoms with E-state index in [2.05, 4.69) is 159 Å². The number of hydrogen-bond acceptors (Lipinski definition) is 1. The third-order valence-corrected chi connectivity index (χ3v) is 10.3. The maximum absolute atomic E-state index is 2.42. The fraction of sp³-hybridized carbons (Fsp3) is 0.122. The molecule has 0 aromatic heterocycles. The van der Waals surface area contributed by atoms with Crippen molar-refractivity contribution in [2.45, 2.75) is 24.7 Å². The Hall–Kier alpha value is -4.88. The first-order chi connectivity index (χ1) is 20.5. The van der Waals surface area contributed by atoms with Crippen LogP contribution >= 0.6 is 0 Å². The molecule has 0 aliphatic heterocycles. The number of rotatable bonds is 2. The standard InChI is InChI=1S/C41H31N/c1-40(2)34-16-8-4-12-28(34)32-22-20-27(25-39(32)40)42(3)26-21-23-38-33(24-26)31-15-7-11-19-37(31)41(38)35-17-9-5-13-29(35)30-14-6-10-18-36(30)41/h4-25H,1-3H3. The highest BCUT2D eigenvalue weighted by molar-refractivity contribution is 5.96. The maximum Gasteiger partial charge on any atom is 0.0725 e. The highest BCUT2D eigenvalue weighted by Crippen LogP contribution is 2.63. The molecule has 0 fully saturated rings. The van der Waals surface area contributed by atoms with E-state index in [-0.39, 0.29) is 10.8 Å². The first-order valence-corrected chi connectivity index (χ1v) is 14.9. The van der Waals surface area contributed by atoms with Gasteiger partial charge in [-0.05, 0) is 91.0 Å². The van der Waals surface area contributed by atoms with Gasteiger partial charge in [-0.3, -0.25) is 0 Å². The topological polar surface area (TPSA) is 3.24 Å². The van der Waals surface area contributed by atoms with Gasteiger partial charge >= 0.3 is 0 Å². The average molecular weight is 538 g/mol. The van der Waals surface area contributed by atoms with E-state index in [1.165, 1.54) is 78.1 Å². The molecule has 0 saturated carbocycles. The van der Waals surface area contributed by atoms with E-state index < -0.39 is 0 Å². The first-order valence-electron chi connectivity index (χ1n) is 14.9. The molecule has 0 radical (unpaired) electrons. The molecule has 3 aliphatic carbocycles. The monoisotopic (exact) mass is 537 g/mol. The zero-order valence-corrected chi connectivity index (χ0v) is 24.1. The molecular formula is C41H31N. The molecule has 200 valence electrons. The van der Waals surface area contributed by atoms with Crippen molar-refractivity contribution in [3.63, 3.8) is 0 Å². The summed E-state index contributed by atoms with van der Waals surface area (Å²) >= 11 is 0. The van der Waals surface area contributed by atoms with Gasteiger partial charge in [0.15, 0.2) is 0 Å². The van der Waals surface area contributed by atoms with Crippen molar-refractivity contribution < 1.29 is 0 Å². The summed E-state index contributed by atoms with van der Waals surface area (Å²) in [6.07, 6.45) is 0. The number of fused-ring (bicyclic) bond motifs is 13. The highest BCUT2D eigenvalue weighted by Gasteiger charge is 2.51. The highest BCUT2D eigenvalue weighted by atomic mass is 15.1. The van der Waals surface area contributed by atoms with Crippen LogP contribution in [-0.4, -0.2) is 7.05 Å². The van der Waals surface area contributed by atoms with Crippen LogP contribution < -0.4 is 4.90 Å². The molecule has 42 heavy (non-hydrogen) atoms. The van der Waals surface area contributed by atoms with Crippen LogP contribution in [-0.2, 0) is 10.8 Å². The van der Waals surface area contributed by atoms with Crippen molar-refractivity contribution >= 4 is 11.4 Å². The summed E-state index contributed by atoms with van der Waals surface area (Å²) < 4.78 is 0. The molecule has 0 atom stereocenters. The second kappa shape index (κ2) is 8.11. The molecule has 1 spiro atoms. The smallest absolute Gasteiger partial charge is 0.0725 e. The summed E-state index contributed by atoms with van der Waals surface area (Å²) in [4.78, 5) is 2.35. The molecular weight excluding hydrogens is 506 g/mol. The van der Waals surface area contributed by atoms with Crippen molar-refractivity contribution in [3.05, 3.63) is 167 Å². The van der Waals surface area contributed by atoms with Gasteiger partial charge in [0.2, 0.25) is 0 Å². The van der Waals surface area contributed by atoms with Crippen molar-refractivity contribution in [2.75, 3.05) is 11.9 Å². The quantitative estimate of drug-likeness (QED) is 0.212. The summed E-state index contributed by atoms with van der Waals surface area (Å²) in [5.74, 6) is 0. The van der Waals surface area contributed by atoms with Crippen LogP contribution in [0, 0.1) is 0 Å². The van der Waals surface area contributed by atoms with E-state index in [0.717, 1.165) is 0 Å². The minimum Gasteiger partial charge on any atom is -0.345 e. The molecule has 9 rings (SSSR count). The molecule has 1 heteroatoms. The van der Waals surface area contributed by atoms with Crippen molar-refractivity contribution in [1.29, 1.82) is 0 Å². The molecule has 0 heterocycles. The number of nitrogens with zero attached hydrogens (tertiary/aromatic N) is 1. The predicted molar refractivity (Wildman–Crippen MR) is 175 cm³/mol. The van der Waals surface area contributed by atoms with Gasteiger partial charge in [-0.25, -0.2) is 0 Å². The third kappa shape index (κ3) is 2.79. The number of benzene rings is 6. The Balaban J connectivity index is 1.22. The lowest BCUT2D eigenvalue weighted by molar-refractivity contribution is 0.660. The van der Waals surface area contributed by atoms with Gasteiger partial charge < -0.3 is 4.90 Å². The summed E-state index contributed by atoms with van der Waals surface area (Å²) in [7, 11) is 2.20. The molecule has 0 bridgehead atoms. The van der Waals surface area contributed by atoms with Gasteiger partial charge in [0.1, 0.15) is 0 Å². The van der Waals surface area contributed by atoms with Crippen LogP contribution in [0.3, 0.4) is 0 Å². The zero-order valence-electron chi connectivity index (χ0n) is 24.1. The van der Waals surface area contributed by atoms with Gasteiger partial charge in [0, 0.05) is 23.8 Å². The Labute approximate surface area is 247 Å². The van der Waals surface area contributed by atoms with Gasteiger partial charge in [-0.15, -0.1) is 0 Å². The lowest BCUT2D eigenvalue weighted by Gasteiger charge is -2.31. The summed E-state index contributed by atoms with van der Waals surface area (Å²) in [5, 5.41) is 0. The Bertz CT molecular complexity index is 2050. The van der Waals surface area contributed by atoms with Crippen molar-refractivity contribution in [1.82, 2.24) is 0 Å². The van der Waals surface area contributed by atoms with E-state index >= 15 is 0 Å². The Morgan fingerprint density at radius 3 is 1.38 bits per heavy atom. The average Bonchev–Trinajstić information content (AvgIpc) is 3.59. The number of hydrogen-bond donors (Lipinski definition) is 0. The fourth-order valence-corrected chi connectivity index (χ4v) is 8.35. The van der Waals surface area contributed by atoms with Gasteiger partial charge in [0.25, 0.3) is 0 Å². The van der Waals surface area contributed by atoms with Gasteiger partial charge in [-0.2, -0.15) is 0 Å². The van der Waals surface area contributed by atoms with Crippen LogP contribution in [0.5, 0.6) is 0 Å². The van der Waals surface area contributed by atoms with E-state index in [1.54, 1.807) is 0 Å². The minimum atomic E-state index is -0.292. The lowest BCUT2D eigenvalue weighted by atomic mass is 9.70. The van der Waals surface area contributed by atoms with E-state index in [0.29, 0.717) is 0 Å². The van der Waals surface area contributed by atoms with Crippen LogP contribution in [0.1, 0.15) is 47.2 Å². The van der Waals surface area contributed by atoms with Crippen molar-refractivity contribution in [3.8, 4) is 33.4 Å². The van der Waals surface area contributed by atoms with E-state index in [9.17, 15) is 0 Å². The molecule has 0 N–H and O–H groups in total. The molecule has 6 aromatic carbocycles. The molecule has 0 saturated heterocycles. The second-order valence-electron chi connectivity index (χ2n) is 12.6. The van der Waals surface area contributed by atoms with Gasteiger partial charge in [0.05, 0.1) is 5.41 Å². The van der Waals surface area contributed by atoms with Crippen molar-refractivity contribution in [2.24, 2.45) is 0 Å². The molecule has 6 aromatic rings. The SMILES string of the molecule is CN(c1ccc2c(c1)-c1ccccc1C21c2ccccc2-c2ccccc21)c1ccc2c(c1)C(C)(C)c1ccccc1-2. The summed E-state index contributed by atoms with van der Waals surface area (Å²) in [6.45, 7) is 4.70. The molecule has 3 aliphatic rings. The Morgan fingerprint density at radius 2 is 0.786 bits per heavy atom. The normalized spacial score (nSPS) is 15.4. The summed E-state index contributed by atoms with van der Waals surface area (Å²) in [5.41, 5.74) is 18.5. The second-order valence-corrected chi connectivity index (χ2v) is 12.6. The largest absolute Gasteiger partial charge is 0.345 e. The predicted octanol–water partition coefficient (Wildman–Crippen LogP) is 10.1. The fourth-order valence-electron chi connectivity index (χ4n) is 8.35. The molecule has 1 nitrogen and oxygen atoms in total. The molecule has 0 unspecified atom stereocenters.